The number of benzene rings is 2. The van der Waals surface area contributed by atoms with Crippen molar-refractivity contribution in [2.24, 2.45) is 0 Å². The Bertz CT molecular complexity index is 1150. The van der Waals surface area contributed by atoms with Crippen LogP contribution in [0.3, 0.4) is 0 Å². The van der Waals surface area contributed by atoms with Gasteiger partial charge < -0.3 is 14.8 Å². The first-order valence-corrected chi connectivity index (χ1v) is 10.4. The van der Waals surface area contributed by atoms with Crippen molar-refractivity contribution in [3.63, 3.8) is 0 Å². The number of nitrogens with zero attached hydrogens (tertiary/aromatic N) is 4. The minimum atomic E-state index is -0.564. The number of nitro groups is 1. The van der Waals surface area contributed by atoms with Gasteiger partial charge in [-0.1, -0.05) is 30.1 Å². The van der Waals surface area contributed by atoms with Gasteiger partial charge in [0.1, 0.15) is 12.2 Å². The molecular formula is C21H19Cl2N5O4. The number of nitro benzene ring substituents is 1. The molecule has 0 atom stereocenters. The summed E-state index contributed by atoms with van der Waals surface area (Å²) >= 11 is 11.9. The predicted octanol–water partition coefficient (Wildman–Crippen LogP) is 4.58. The van der Waals surface area contributed by atoms with Crippen LogP contribution in [0.4, 0.5) is 11.4 Å². The maximum atomic E-state index is 13.1. The average Bonchev–Trinajstić information content (AvgIpc) is 3.29. The van der Waals surface area contributed by atoms with E-state index in [0.717, 1.165) is 0 Å². The van der Waals surface area contributed by atoms with Crippen molar-refractivity contribution >= 4 is 46.4 Å². The lowest BCUT2D eigenvalue weighted by molar-refractivity contribution is -0.384. The van der Waals surface area contributed by atoms with Gasteiger partial charge in [-0.2, -0.15) is 0 Å². The number of aromatic nitrogens is 2. The first kappa shape index (κ1) is 23.2. The van der Waals surface area contributed by atoms with Gasteiger partial charge in [0.05, 0.1) is 22.0 Å². The number of rotatable bonds is 8. The molecule has 0 saturated carbocycles. The molecule has 3 rings (SSSR count). The fraction of sp³-hybridized carbons (Fsp3) is 0.190. The van der Waals surface area contributed by atoms with E-state index in [-0.39, 0.29) is 35.1 Å². The molecule has 0 spiro atoms. The molecule has 0 unspecified atom stereocenters. The van der Waals surface area contributed by atoms with Gasteiger partial charge >= 0.3 is 0 Å². The minimum Gasteiger partial charge on any atom is -0.329 e. The zero-order valence-corrected chi connectivity index (χ0v) is 18.5. The molecule has 2 aromatic carbocycles. The standard InChI is InChI=1S/C21H19Cl2N5O4/c1-2-8-26(12-20(29)25-17-5-4-15(22)11-16(17)23)21(30)14-3-6-18(19(10-14)28(31)32)27-9-7-24-13-27/h3-7,9-11,13H,2,8,12H2,1H3,(H,25,29). The summed E-state index contributed by atoms with van der Waals surface area (Å²) in [6, 6.07) is 8.81. The summed E-state index contributed by atoms with van der Waals surface area (Å²) in [6.45, 7) is 1.90. The SMILES string of the molecule is CCCN(CC(=O)Nc1ccc(Cl)cc1Cl)C(=O)c1ccc(-n2ccnc2)c([N+](=O)[O-])c1. The number of imidazole rings is 1. The van der Waals surface area contributed by atoms with E-state index in [1.54, 1.807) is 18.3 Å². The first-order valence-electron chi connectivity index (χ1n) is 9.61. The zero-order chi connectivity index (χ0) is 23.3. The van der Waals surface area contributed by atoms with Gasteiger partial charge in [-0.3, -0.25) is 19.7 Å². The van der Waals surface area contributed by atoms with Crippen LogP contribution in [-0.4, -0.2) is 44.3 Å². The van der Waals surface area contributed by atoms with Crippen molar-refractivity contribution in [3.8, 4) is 5.69 Å². The fourth-order valence-corrected chi connectivity index (χ4v) is 3.54. The summed E-state index contributed by atoms with van der Waals surface area (Å²) in [5, 5.41) is 14.9. The molecule has 0 aliphatic carbocycles. The van der Waals surface area contributed by atoms with E-state index < -0.39 is 16.7 Å². The van der Waals surface area contributed by atoms with Crippen LogP contribution in [0.5, 0.6) is 0 Å². The number of anilines is 1. The van der Waals surface area contributed by atoms with E-state index in [4.69, 9.17) is 23.2 Å². The van der Waals surface area contributed by atoms with Gasteiger partial charge in [0.15, 0.2) is 0 Å². The van der Waals surface area contributed by atoms with Gasteiger partial charge in [0.2, 0.25) is 5.91 Å². The van der Waals surface area contributed by atoms with Crippen molar-refractivity contribution in [3.05, 3.63) is 80.8 Å². The molecule has 1 N–H and O–H groups in total. The number of hydrogen-bond acceptors (Lipinski definition) is 5. The third-order valence-corrected chi connectivity index (χ3v) is 5.07. The van der Waals surface area contributed by atoms with Crippen LogP contribution in [0.1, 0.15) is 23.7 Å². The van der Waals surface area contributed by atoms with Gasteiger partial charge in [-0.15, -0.1) is 0 Å². The highest BCUT2D eigenvalue weighted by Crippen LogP contribution is 2.26. The minimum absolute atomic E-state index is 0.103. The number of carbonyl (C=O) groups excluding carboxylic acids is 2. The molecular weight excluding hydrogens is 457 g/mol. The normalized spacial score (nSPS) is 10.6. The van der Waals surface area contributed by atoms with Crippen molar-refractivity contribution < 1.29 is 14.5 Å². The van der Waals surface area contributed by atoms with Crippen molar-refractivity contribution in [2.45, 2.75) is 13.3 Å². The lowest BCUT2D eigenvalue weighted by Crippen LogP contribution is -2.38. The Labute approximate surface area is 193 Å². The van der Waals surface area contributed by atoms with Gasteiger partial charge in [-0.25, -0.2) is 4.98 Å². The first-order chi connectivity index (χ1) is 15.3. The van der Waals surface area contributed by atoms with E-state index in [2.05, 4.69) is 10.3 Å². The third kappa shape index (κ3) is 5.43. The van der Waals surface area contributed by atoms with Crippen LogP contribution in [0, 0.1) is 10.1 Å². The van der Waals surface area contributed by atoms with Crippen LogP contribution in [0.2, 0.25) is 10.0 Å². The molecule has 32 heavy (non-hydrogen) atoms. The van der Waals surface area contributed by atoms with Crippen molar-refractivity contribution in [1.29, 1.82) is 0 Å². The largest absolute Gasteiger partial charge is 0.329 e. The Morgan fingerprint density at radius 3 is 2.62 bits per heavy atom. The molecule has 0 aliphatic rings. The summed E-state index contributed by atoms with van der Waals surface area (Å²) in [6.07, 6.45) is 5.09. The van der Waals surface area contributed by atoms with Crippen molar-refractivity contribution in [1.82, 2.24) is 14.5 Å². The number of halogens is 2. The Hall–Kier alpha value is -3.43. The third-order valence-electron chi connectivity index (χ3n) is 4.52. The van der Waals surface area contributed by atoms with E-state index in [9.17, 15) is 19.7 Å². The smallest absolute Gasteiger partial charge is 0.294 e. The maximum Gasteiger partial charge on any atom is 0.294 e. The molecule has 0 aliphatic heterocycles. The number of amides is 2. The summed E-state index contributed by atoms with van der Waals surface area (Å²) < 4.78 is 1.49. The van der Waals surface area contributed by atoms with Crippen LogP contribution in [0.25, 0.3) is 5.69 Å². The molecule has 0 radical (unpaired) electrons. The predicted molar refractivity (Wildman–Crippen MR) is 122 cm³/mol. The summed E-state index contributed by atoms with van der Waals surface area (Å²) in [5.41, 5.74) is 0.500. The Morgan fingerprint density at radius 1 is 1.22 bits per heavy atom. The second-order valence-electron chi connectivity index (χ2n) is 6.83. The van der Waals surface area contributed by atoms with Crippen LogP contribution < -0.4 is 5.32 Å². The fourth-order valence-electron chi connectivity index (χ4n) is 3.08. The summed E-state index contributed by atoms with van der Waals surface area (Å²) in [4.78, 5) is 41.8. The molecule has 1 heterocycles. The molecule has 0 fully saturated rings. The van der Waals surface area contributed by atoms with E-state index in [0.29, 0.717) is 17.1 Å². The van der Waals surface area contributed by atoms with Crippen molar-refractivity contribution in [2.75, 3.05) is 18.4 Å². The topological polar surface area (TPSA) is 110 Å². The molecule has 0 bridgehead atoms. The molecule has 0 saturated heterocycles. The average molecular weight is 476 g/mol. The van der Waals surface area contributed by atoms with Crippen LogP contribution >= 0.6 is 23.2 Å². The lowest BCUT2D eigenvalue weighted by Gasteiger charge is -2.22. The van der Waals surface area contributed by atoms with Gasteiger partial charge in [0, 0.05) is 35.6 Å². The van der Waals surface area contributed by atoms with Crippen LogP contribution in [-0.2, 0) is 4.79 Å². The maximum absolute atomic E-state index is 13.1. The number of hydrogen-bond donors (Lipinski definition) is 1. The molecule has 166 valence electrons. The molecule has 9 nitrogen and oxygen atoms in total. The molecule has 3 aromatic rings. The highest BCUT2D eigenvalue weighted by Gasteiger charge is 2.23. The Balaban J connectivity index is 1.81. The Kier molecular flexibility index (Phi) is 7.45. The highest BCUT2D eigenvalue weighted by molar-refractivity contribution is 6.36. The second-order valence-corrected chi connectivity index (χ2v) is 7.67. The zero-order valence-electron chi connectivity index (χ0n) is 17.0. The van der Waals surface area contributed by atoms with E-state index >= 15 is 0 Å². The monoisotopic (exact) mass is 475 g/mol. The quantitative estimate of drug-likeness (QED) is 0.378. The summed E-state index contributed by atoms with van der Waals surface area (Å²) in [5.74, 6) is -0.954. The Morgan fingerprint density at radius 2 is 2.00 bits per heavy atom. The molecule has 1 aromatic heterocycles. The molecule has 11 heteroatoms. The van der Waals surface area contributed by atoms with E-state index in [1.165, 1.54) is 46.3 Å². The van der Waals surface area contributed by atoms with E-state index in [1.807, 2.05) is 6.92 Å². The van der Waals surface area contributed by atoms with Gasteiger partial charge in [0.25, 0.3) is 11.6 Å². The molecule has 2 amide bonds. The second kappa shape index (κ2) is 10.3. The highest BCUT2D eigenvalue weighted by atomic mass is 35.5. The van der Waals surface area contributed by atoms with Crippen LogP contribution in [0.15, 0.2) is 55.1 Å². The van der Waals surface area contributed by atoms with Gasteiger partial charge in [-0.05, 0) is 36.8 Å². The number of nitrogens with one attached hydrogen (secondary N) is 1. The lowest BCUT2D eigenvalue weighted by atomic mass is 10.1. The summed E-state index contributed by atoms with van der Waals surface area (Å²) in [7, 11) is 0. The number of carbonyl (C=O) groups is 2.